The Kier molecular flexibility index (Phi) is 8.95. The molecule has 1 aliphatic carbocycles. The molecule has 0 saturated heterocycles. The van der Waals surface area contributed by atoms with Gasteiger partial charge in [0, 0.05) is 34.4 Å². The van der Waals surface area contributed by atoms with Gasteiger partial charge in [0.1, 0.15) is 12.4 Å². The van der Waals surface area contributed by atoms with Gasteiger partial charge in [-0.2, -0.15) is 0 Å². The number of aliphatic imine (C=N–C) groups is 1. The number of hydrogen-bond acceptors (Lipinski definition) is 3. The van der Waals surface area contributed by atoms with Crippen molar-refractivity contribution in [2.75, 3.05) is 25.4 Å². The number of guanidine groups is 1. The summed E-state index contributed by atoms with van der Waals surface area (Å²) in [6, 6.07) is 8.37. The van der Waals surface area contributed by atoms with Crippen molar-refractivity contribution >= 4 is 16.8 Å². The predicted octanol–water partition coefficient (Wildman–Crippen LogP) is 3.01. The summed E-state index contributed by atoms with van der Waals surface area (Å²) < 4.78 is 17.9. The number of nitrogens with zero attached hydrogens (tertiary/aromatic N) is 1. The van der Waals surface area contributed by atoms with Crippen LogP contribution in [0.2, 0.25) is 0 Å². The van der Waals surface area contributed by atoms with Crippen LogP contribution in [0.1, 0.15) is 45.1 Å². The van der Waals surface area contributed by atoms with Crippen molar-refractivity contribution in [3.05, 3.63) is 29.8 Å². The van der Waals surface area contributed by atoms with Gasteiger partial charge in [-0.25, -0.2) is 4.99 Å². The fourth-order valence-electron chi connectivity index (χ4n) is 3.30. The van der Waals surface area contributed by atoms with Crippen molar-refractivity contribution in [3.63, 3.8) is 0 Å². The minimum Gasteiger partial charge on any atom is -0.491 e. The maximum atomic E-state index is 12.1. The summed E-state index contributed by atoms with van der Waals surface area (Å²) in [5, 5.41) is 7.15. The molecule has 1 fully saturated rings. The Hall–Kier alpha value is -1.56. The molecule has 26 heavy (non-hydrogen) atoms. The Balaban J connectivity index is 1.84. The maximum Gasteiger partial charge on any atom is 0.191 e. The van der Waals surface area contributed by atoms with Gasteiger partial charge in [0.15, 0.2) is 5.96 Å². The van der Waals surface area contributed by atoms with Crippen LogP contribution < -0.4 is 15.4 Å². The average Bonchev–Trinajstić information content (AvgIpc) is 2.66. The predicted molar refractivity (Wildman–Crippen MR) is 111 cm³/mol. The molecule has 1 aromatic carbocycles. The van der Waals surface area contributed by atoms with E-state index in [1.54, 1.807) is 0 Å². The summed E-state index contributed by atoms with van der Waals surface area (Å²) in [6.07, 6.45) is 4.28. The summed E-state index contributed by atoms with van der Waals surface area (Å²) >= 11 is 0. The van der Waals surface area contributed by atoms with Crippen molar-refractivity contribution < 1.29 is 8.95 Å². The van der Waals surface area contributed by atoms with Gasteiger partial charge in [-0.1, -0.05) is 31.5 Å². The first kappa shape index (κ1) is 20.7. The maximum absolute atomic E-state index is 12.1. The smallest absolute Gasteiger partial charge is 0.191 e. The number of rotatable bonds is 8. The second kappa shape index (κ2) is 11.2. The third kappa shape index (κ3) is 6.63. The van der Waals surface area contributed by atoms with Gasteiger partial charge in [0.25, 0.3) is 0 Å². The largest absolute Gasteiger partial charge is 0.491 e. The van der Waals surface area contributed by atoms with E-state index in [4.69, 9.17) is 4.74 Å². The standard InChI is InChI=1S/C20H33N3O2S/c1-4-21-20(22-13-14-25-19-12-7-6-9-16(19)3)23-17-10-8-11-18(15-17)26(24)5-2/h6-7,9,12,17-18H,4-5,8,10-11,13-15H2,1-3H3,(H2,21,22,23). The summed E-state index contributed by atoms with van der Waals surface area (Å²) in [6.45, 7) is 8.09. The van der Waals surface area contributed by atoms with Gasteiger partial charge >= 0.3 is 0 Å². The summed E-state index contributed by atoms with van der Waals surface area (Å²) in [5.41, 5.74) is 1.14. The van der Waals surface area contributed by atoms with E-state index in [0.29, 0.717) is 24.4 Å². The molecule has 0 aliphatic heterocycles. The van der Waals surface area contributed by atoms with Crippen LogP contribution in [-0.4, -0.2) is 46.9 Å². The van der Waals surface area contributed by atoms with Crippen molar-refractivity contribution in [2.24, 2.45) is 4.99 Å². The van der Waals surface area contributed by atoms with Crippen LogP contribution >= 0.6 is 0 Å². The lowest BCUT2D eigenvalue weighted by molar-refractivity contribution is 0.326. The zero-order valence-corrected chi connectivity index (χ0v) is 17.1. The number of ether oxygens (including phenoxy) is 1. The van der Waals surface area contributed by atoms with Gasteiger partial charge in [-0.3, -0.25) is 4.21 Å². The third-order valence-corrected chi connectivity index (χ3v) is 6.42. The van der Waals surface area contributed by atoms with Crippen LogP contribution in [0.5, 0.6) is 5.75 Å². The molecule has 5 nitrogen and oxygen atoms in total. The molecule has 0 aromatic heterocycles. The molecular formula is C20H33N3O2S. The molecule has 0 heterocycles. The summed E-state index contributed by atoms with van der Waals surface area (Å²) in [7, 11) is -0.703. The first-order valence-corrected chi connectivity index (χ1v) is 11.1. The minimum atomic E-state index is -0.703. The first-order chi connectivity index (χ1) is 12.6. The molecule has 6 heteroatoms. The fraction of sp³-hybridized carbons (Fsp3) is 0.650. The molecular weight excluding hydrogens is 346 g/mol. The van der Waals surface area contributed by atoms with Crippen LogP contribution in [-0.2, 0) is 10.8 Å². The van der Waals surface area contributed by atoms with Crippen molar-refractivity contribution in [1.82, 2.24) is 10.6 Å². The Morgan fingerprint density at radius 2 is 2.12 bits per heavy atom. The SMILES string of the molecule is CCNC(=NCCOc1ccccc1C)NC1CCCC(S(=O)CC)C1. The van der Waals surface area contributed by atoms with Crippen LogP contribution in [0.4, 0.5) is 0 Å². The van der Waals surface area contributed by atoms with E-state index in [2.05, 4.69) is 22.5 Å². The molecule has 1 aliphatic rings. The van der Waals surface area contributed by atoms with Crippen LogP contribution in [0.25, 0.3) is 0 Å². The molecule has 3 atom stereocenters. The van der Waals surface area contributed by atoms with Gasteiger partial charge in [0.2, 0.25) is 0 Å². The molecule has 0 amide bonds. The van der Waals surface area contributed by atoms with E-state index in [1.807, 2.05) is 38.1 Å². The highest BCUT2D eigenvalue weighted by Gasteiger charge is 2.25. The van der Waals surface area contributed by atoms with Gasteiger partial charge < -0.3 is 15.4 Å². The molecule has 1 saturated carbocycles. The van der Waals surface area contributed by atoms with Crippen LogP contribution in [0.3, 0.4) is 0 Å². The minimum absolute atomic E-state index is 0.318. The Morgan fingerprint density at radius 1 is 1.31 bits per heavy atom. The number of aryl methyl sites for hydroxylation is 1. The number of hydrogen-bond donors (Lipinski definition) is 2. The van der Waals surface area contributed by atoms with Crippen LogP contribution in [0, 0.1) is 6.92 Å². The van der Waals surface area contributed by atoms with Crippen LogP contribution in [0.15, 0.2) is 29.3 Å². The highest BCUT2D eigenvalue weighted by molar-refractivity contribution is 7.85. The molecule has 2 rings (SSSR count). The Bertz CT molecular complexity index is 606. The van der Waals surface area contributed by atoms with E-state index in [-0.39, 0.29) is 0 Å². The van der Waals surface area contributed by atoms with E-state index >= 15 is 0 Å². The lowest BCUT2D eigenvalue weighted by Crippen LogP contribution is -2.46. The summed E-state index contributed by atoms with van der Waals surface area (Å²) in [4.78, 5) is 4.64. The fourth-order valence-corrected chi connectivity index (χ4v) is 4.64. The van der Waals surface area contributed by atoms with E-state index in [1.165, 1.54) is 0 Å². The number of benzene rings is 1. The molecule has 146 valence electrons. The molecule has 0 bridgehead atoms. The quantitative estimate of drug-likeness (QED) is 0.414. The topological polar surface area (TPSA) is 62.7 Å². The van der Waals surface area contributed by atoms with Crippen molar-refractivity contribution in [2.45, 2.75) is 57.7 Å². The summed E-state index contributed by atoms with van der Waals surface area (Å²) in [5.74, 6) is 2.49. The number of para-hydroxylation sites is 1. The normalized spacial score (nSPS) is 21.9. The molecule has 1 aromatic rings. The molecule has 0 spiro atoms. The highest BCUT2D eigenvalue weighted by atomic mass is 32.2. The number of nitrogens with one attached hydrogen (secondary N) is 2. The zero-order chi connectivity index (χ0) is 18.8. The Labute approximate surface area is 160 Å². The van der Waals surface area contributed by atoms with E-state index in [9.17, 15) is 4.21 Å². The highest BCUT2D eigenvalue weighted by Crippen LogP contribution is 2.23. The first-order valence-electron chi connectivity index (χ1n) is 9.74. The van der Waals surface area contributed by atoms with Gasteiger partial charge in [-0.05, 0) is 44.7 Å². The van der Waals surface area contributed by atoms with E-state index < -0.39 is 10.8 Å². The lowest BCUT2D eigenvalue weighted by Gasteiger charge is -2.30. The van der Waals surface area contributed by atoms with Gasteiger partial charge in [0.05, 0.1) is 6.54 Å². The molecule has 3 unspecified atom stereocenters. The molecule has 0 radical (unpaired) electrons. The molecule has 2 N–H and O–H groups in total. The second-order valence-corrected chi connectivity index (χ2v) is 8.68. The van der Waals surface area contributed by atoms with E-state index in [0.717, 1.165) is 55.3 Å². The van der Waals surface area contributed by atoms with Crippen molar-refractivity contribution in [1.29, 1.82) is 0 Å². The monoisotopic (exact) mass is 379 g/mol. The third-order valence-electron chi connectivity index (χ3n) is 4.68. The Morgan fingerprint density at radius 3 is 2.85 bits per heavy atom. The average molecular weight is 380 g/mol. The zero-order valence-electron chi connectivity index (χ0n) is 16.3. The lowest BCUT2D eigenvalue weighted by atomic mass is 9.95. The van der Waals surface area contributed by atoms with Crippen molar-refractivity contribution in [3.8, 4) is 5.75 Å². The second-order valence-electron chi connectivity index (χ2n) is 6.67. The van der Waals surface area contributed by atoms with Gasteiger partial charge in [-0.15, -0.1) is 0 Å².